The molecule has 270 valence electrons. The van der Waals surface area contributed by atoms with Gasteiger partial charge in [-0.25, -0.2) is 4.99 Å². The summed E-state index contributed by atoms with van der Waals surface area (Å²) in [4.78, 5) is 5.09. The Labute approximate surface area is 327 Å². The number of benzene rings is 8. The van der Waals surface area contributed by atoms with E-state index in [4.69, 9.17) is 9.41 Å². The molecule has 1 aliphatic rings. The summed E-state index contributed by atoms with van der Waals surface area (Å²) in [5.74, 6) is 0.857. The van der Waals surface area contributed by atoms with Gasteiger partial charge in [-0.05, 0) is 71.8 Å². The van der Waals surface area contributed by atoms with E-state index in [1.807, 2.05) is 24.3 Å². The number of aliphatic imine (C=N–C) groups is 1. The van der Waals surface area contributed by atoms with Crippen LogP contribution in [0.15, 0.2) is 197 Å². The number of furan rings is 1. The lowest BCUT2D eigenvalue weighted by molar-refractivity contribution is 0.409. The summed E-state index contributed by atoms with van der Waals surface area (Å²) in [6.07, 6.45) is -0.389. The van der Waals surface area contributed by atoms with E-state index in [-0.39, 0.29) is 12.3 Å². The maximum absolute atomic E-state index is 6.61. The third-order valence-electron chi connectivity index (χ3n) is 11.6. The van der Waals surface area contributed by atoms with E-state index < -0.39 is 0 Å². The number of nitrogens with one attached hydrogen (secondary N) is 2. The monoisotopic (exact) mass is 733 g/mol. The van der Waals surface area contributed by atoms with Crippen molar-refractivity contribution in [3.8, 4) is 11.4 Å². The van der Waals surface area contributed by atoms with Crippen LogP contribution >= 0.6 is 0 Å². The molecule has 2 atom stereocenters. The van der Waals surface area contributed by atoms with Gasteiger partial charge in [-0.15, -0.1) is 0 Å². The highest BCUT2D eigenvalue weighted by Crippen LogP contribution is 2.41. The molecule has 12 rings (SSSR count). The SMILES string of the molecule is c1ccc(C2=NC(c3ccccc3)NC(c3ccc4c(c3)oc3ccc(-n5c6ccccc6c6cc7c8ccccc8n(-c8ccccc8)c7cc65)cc34)N2)cc1. The van der Waals surface area contributed by atoms with Crippen molar-refractivity contribution >= 4 is 71.4 Å². The Hall–Kier alpha value is -7.41. The van der Waals surface area contributed by atoms with E-state index in [9.17, 15) is 0 Å². The Bertz CT molecular complexity index is 3360. The van der Waals surface area contributed by atoms with Crippen LogP contribution in [-0.4, -0.2) is 15.0 Å². The first-order valence-corrected chi connectivity index (χ1v) is 19.4. The van der Waals surface area contributed by atoms with Crippen molar-refractivity contribution in [3.63, 3.8) is 0 Å². The normalized spacial score (nSPS) is 15.9. The largest absolute Gasteiger partial charge is 0.456 e. The average Bonchev–Trinajstić information content (AvgIpc) is 3.93. The molecule has 4 heterocycles. The van der Waals surface area contributed by atoms with Crippen LogP contribution in [0.1, 0.15) is 29.0 Å². The molecular formula is C51H35N5O. The van der Waals surface area contributed by atoms with E-state index in [0.717, 1.165) is 61.4 Å². The molecule has 6 heteroatoms. The summed E-state index contributed by atoms with van der Waals surface area (Å²) in [6, 6.07) is 66.8. The van der Waals surface area contributed by atoms with E-state index in [2.05, 4.69) is 184 Å². The number of amidine groups is 1. The first kappa shape index (κ1) is 31.9. The summed E-state index contributed by atoms with van der Waals surface area (Å²) in [5.41, 5.74) is 11.9. The molecule has 0 bridgehead atoms. The van der Waals surface area contributed by atoms with Crippen LogP contribution in [0.5, 0.6) is 0 Å². The molecule has 57 heavy (non-hydrogen) atoms. The first-order chi connectivity index (χ1) is 28.2. The quantitative estimate of drug-likeness (QED) is 0.185. The van der Waals surface area contributed by atoms with Crippen LogP contribution < -0.4 is 10.6 Å². The van der Waals surface area contributed by atoms with E-state index >= 15 is 0 Å². The molecule has 8 aromatic carbocycles. The highest BCUT2D eigenvalue weighted by atomic mass is 16.3. The van der Waals surface area contributed by atoms with Crippen LogP contribution in [0.3, 0.4) is 0 Å². The second-order valence-corrected chi connectivity index (χ2v) is 14.9. The van der Waals surface area contributed by atoms with Gasteiger partial charge < -0.3 is 18.9 Å². The lowest BCUT2D eigenvalue weighted by Crippen LogP contribution is -2.44. The van der Waals surface area contributed by atoms with Crippen LogP contribution in [0.25, 0.3) is 76.9 Å². The Kier molecular flexibility index (Phi) is 7.03. The van der Waals surface area contributed by atoms with Gasteiger partial charge in [0.25, 0.3) is 0 Å². The van der Waals surface area contributed by atoms with Crippen LogP contribution in [0.2, 0.25) is 0 Å². The van der Waals surface area contributed by atoms with Crippen molar-refractivity contribution in [2.45, 2.75) is 12.3 Å². The van der Waals surface area contributed by atoms with E-state index in [0.29, 0.717) is 0 Å². The molecule has 1 aliphatic heterocycles. The average molecular weight is 734 g/mol. The number of nitrogens with zero attached hydrogens (tertiary/aromatic N) is 3. The summed E-state index contributed by atoms with van der Waals surface area (Å²) in [5, 5.41) is 14.5. The summed E-state index contributed by atoms with van der Waals surface area (Å²) >= 11 is 0. The molecule has 0 radical (unpaired) electrons. The zero-order chi connectivity index (χ0) is 37.5. The molecule has 0 aliphatic carbocycles. The van der Waals surface area contributed by atoms with Crippen molar-refractivity contribution in [1.82, 2.24) is 19.8 Å². The predicted octanol–water partition coefficient (Wildman–Crippen LogP) is 12.1. The zero-order valence-corrected chi connectivity index (χ0v) is 30.8. The number of hydrogen-bond donors (Lipinski definition) is 2. The van der Waals surface area contributed by atoms with Crippen LogP contribution in [0.4, 0.5) is 0 Å². The minimum atomic E-state index is -0.206. The standard InChI is InChI=1S/C51H35N5O/c1-4-14-32(15-5-1)49-52-50(33-16-6-2-7-17-33)54-51(53-49)34-24-26-39-42-29-36(25-27-47(42)57-48(39)28-34)56-44-23-13-11-21-38(44)41-30-40-37-20-10-12-22-43(37)55(45(40)31-46(41)56)35-18-8-3-9-19-35/h1-31,49,51,53H,(H,52,54). The molecule has 6 nitrogen and oxygen atoms in total. The highest BCUT2D eigenvalue weighted by Gasteiger charge is 2.26. The molecule has 0 saturated heterocycles. The molecule has 0 spiro atoms. The van der Waals surface area contributed by atoms with Gasteiger partial charge in [0.2, 0.25) is 0 Å². The maximum Gasteiger partial charge on any atom is 0.135 e. The van der Waals surface area contributed by atoms with Gasteiger partial charge in [0, 0.05) is 49.3 Å². The Morgan fingerprint density at radius 3 is 1.77 bits per heavy atom. The second-order valence-electron chi connectivity index (χ2n) is 14.9. The van der Waals surface area contributed by atoms with Gasteiger partial charge in [-0.3, -0.25) is 5.32 Å². The molecule has 2 unspecified atom stereocenters. The minimum Gasteiger partial charge on any atom is -0.456 e. The molecule has 0 fully saturated rings. The fourth-order valence-electron chi connectivity index (χ4n) is 8.94. The molecule has 0 saturated carbocycles. The molecule has 2 N–H and O–H groups in total. The van der Waals surface area contributed by atoms with Crippen LogP contribution in [0, 0.1) is 0 Å². The predicted molar refractivity (Wildman–Crippen MR) is 234 cm³/mol. The molecule has 11 aromatic rings. The van der Waals surface area contributed by atoms with Gasteiger partial charge in [0.15, 0.2) is 0 Å². The highest BCUT2D eigenvalue weighted by molar-refractivity contribution is 6.19. The maximum atomic E-state index is 6.61. The van der Waals surface area contributed by atoms with Crippen molar-refractivity contribution < 1.29 is 4.42 Å². The third-order valence-corrected chi connectivity index (χ3v) is 11.6. The summed E-state index contributed by atoms with van der Waals surface area (Å²) in [7, 11) is 0. The van der Waals surface area contributed by atoms with E-state index in [1.165, 1.54) is 38.1 Å². The first-order valence-electron chi connectivity index (χ1n) is 19.4. The topological polar surface area (TPSA) is 59.4 Å². The number of rotatable bonds is 5. The van der Waals surface area contributed by atoms with Gasteiger partial charge >= 0.3 is 0 Å². The number of aromatic nitrogens is 2. The summed E-state index contributed by atoms with van der Waals surface area (Å²) < 4.78 is 11.4. The second kappa shape index (κ2) is 12.6. The zero-order valence-electron chi connectivity index (χ0n) is 30.8. The van der Waals surface area contributed by atoms with Gasteiger partial charge in [0.1, 0.15) is 29.3 Å². The number of hydrogen-bond acceptors (Lipinski definition) is 4. The smallest absolute Gasteiger partial charge is 0.135 e. The third kappa shape index (κ3) is 5.04. The summed E-state index contributed by atoms with van der Waals surface area (Å²) in [6.45, 7) is 0. The van der Waals surface area contributed by atoms with Gasteiger partial charge in [-0.1, -0.05) is 127 Å². The fourth-order valence-corrected chi connectivity index (χ4v) is 8.94. The van der Waals surface area contributed by atoms with Crippen molar-refractivity contribution in [2.24, 2.45) is 4.99 Å². The van der Waals surface area contributed by atoms with E-state index in [1.54, 1.807) is 0 Å². The van der Waals surface area contributed by atoms with Crippen LogP contribution in [-0.2, 0) is 0 Å². The number of fused-ring (bicyclic) bond motifs is 9. The number of para-hydroxylation sites is 3. The molecular weight excluding hydrogens is 699 g/mol. The van der Waals surface area contributed by atoms with Gasteiger partial charge in [-0.2, -0.15) is 0 Å². The van der Waals surface area contributed by atoms with Gasteiger partial charge in [0.05, 0.1) is 22.1 Å². The Morgan fingerprint density at radius 1 is 0.421 bits per heavy atom. The lowest BCUT2D eigenvalue weighted by Gasteiger charge is -2.32. The molecule has 3 aromatic heterocycles. The Balaban J connectivity index is 0.998. The van der Waals surface area contributed by atoms with Crippen molar-refractivity contribution in [3.05, 3.63) is 205 Å². The lowest BCUT2D eigenvalue weighted by atomic mass is 10.0. The minimum absolute atomic E-state index is 0.183. The van der Waals surface area contributed by atoms with Crippen molar-refractivity contribution in [1.29, 1.82) is 0 Å². The Morgan fingerprint density at radius 2 is 1.05 bits per heavy atom. The fraction of sp³-hybridized carbons (Fsp3) is 0.0392. The molecule has 0 amide bonds. The van der Waals surface area contributed by atoms with Crippen molar-refractivity contribution in [2.75, 3.05) is 0 Å².